The number of ether oxygens (including phenoxy) is 1. The molecule has 0 radical (unpaired) electrons. The number of fused-ring (bicyclic) bond motifs is 1. The van der Waals surface area contributed by atoms with Crippen LogP contribution >= 0.6 is 0 Å². The van der Waals surface area contributed by atoms with Gasteiger partial charge in [-0.05, 0) is 56.8 Å². The van der Waals surface area contributed by atoms with E-state index in [0.29, 0.717) is 12.1 Å². The van der Waals surface area contributed by atoms with Crippen LogP contribution in [0.15, 0.2) is 36.5 Å². The molecule has 3 heteroatoms. The van der Waals surface area contributed by atoms with Crippen LogP contribution in [0.5, 0.6) is 0 Å². The maximum absolute atomic E-state index is 5.71. The molecule has 0 aliphatic carbocycles. The fourth-order valence-electron chi connectivity index (χ4n) is 3.30. The second-order valence-corrected chi connectivity index (χ2v) is 5.82. The normalized spacial score (nSPS) is 20.0. The quantitative estimate of drug-likeness (QED) is 0.875. The molecule has 0 spiro atoms. The van der Waals surface area contributed by atoms with Gasteiger partial charge in [0, 0.05) is 24.2 Å². The maximum Gasteiger partial charge on any atom is 0.0705 e. The van der Waals surface area contributed by atoms with Gasteiger partial charge in [0.15, 0.2) is 0 Å². The first kappa shape index (κ1) is 14.5. The predicted molar refractivity (Wildman–Crippen MR) is 86.4 cm³/mol. The van der Waals surface area contributed by atoms with Crippen molar-refractivity contribution in [3.8, 4) is 0 Å². The molecule has 1 aliphatic rings. The molecule has 1 aromatic heterocycles. The number of pyridine rings is 1. The van der Waals surface area contributed by atoms with E-state index in [1.54, 1.807) is 0 Å². The number of para-hydroxylation sites is 1. The van der Waals surface area contributed by atoms with Crippen molar-refractivity contribution >= 4 is 10.9 Å². The first-order valence-electron chi connectivity index (χ1n) is 8.01. The van der Waals surface area contributed by atoms with Crippen LogP contribution in [-0.2, 0) is 4.74 Å². The lowest BCUT2D eigenvalue weighted by molar-refractivity contribution is 0.101. The lowest BCUT2D eigenvalue weighted by Gasteiger charge is -2.19. The zero-order valence-electron chi connectivity index (χ0n) is 12.7. The number of nitrogens with one attached hydrogen (secondary N) is 1. The van der Waals surface area contributed by atoms with E-state index >= 15 is 0 Å². The molecule has 0 bridgehead atoms. The third kappa shape index (κ3) is 3.42. The molecule has 1 fully saturated rings. The zero-order chi connectivity index (χ0) is 14.5. The molecule has 2 atom stereocenters. The Kier molecular flexibility index (Phi) is 4.84. The smallest absolute Gasteiger partial charge is 0.0705 e. The van der Waals surface area contributed by atoms with Gasteiger partial charge in [0.25, 0.3) is 0 Å². The van der Waals surface area contributed by atoms with Gasteiger partial charge in [0.2, 0.25) is 0 Å². The van der Waals surface area contributed by atoms with Crippen LogP contribution in [0.1, 0.15) is 43.7 Å². The SMILES string of the molecule is CNC(CCCC1CCCO1)c1ccnc2ccccc12. The maximum atomic E-state index is 5.71. The Hall–Kier alpha value is -1.45. The van der Waals surface area contributed by atoms with Crippen molar-refractivity contribution < 1.29 is 4.74 Å². The molecule has 0 amide bonds. The van der Waals surface area contributed by atoms with Gasteiger partial charge in [-0.1, -0.05) is 18.2 Å². The van der Waals surface area contributed by atoms with Gasteiger partial charge in [-0.2, -0.15) is 0 Å². The molecule has 2 aromatic rings. The number of nitrogens with zero attached hydrogens (tertiary/aromatic N) is 1. The van der Waals surface area contributed by atoms with Gasteiger partial charge >= 0.3 is 0 Å². The summed E-state index contributed by atoms with van der Waals surface area (Å²) in [4.78, 5) is 4.45. The molecule has 1 aromatic carbocycles. The van der Waals surface area contributed by atoms with Crippen molar-refractivity contribution in [3.63, 3.8) is 0 Å². The Morgan fingerprint density at radius 3 is 3.05 bits per heavy atom. The molecule has 1 N–H and O–H groups in total. The summed E-state index contributed by atoms with van der Waals surface area (Å²) >= 11 is 0. The molecule has 2 unspecified atom stereocenters. The molecule has 3 rings (SSSR count). The average Bonchev–Trinajstić information content (AvgIpc) is 3.05. The van der Waals surface area contributed by atoms with Crippen LogP contribution < -0.4 is 5.32 Å². The van der Waals surface area contributed by atoms with Crippen molar-refractivity contribution in [3.05, 3.63) is 42.1 Å². The monoisotopic (exact) mass is 284 g/mol. The summed E-state index contributed by atoms with van der Waals surface area (Å²) in [5, 5.41) is 4.73. The summed E-state index contributed by atoms with van der Waals surface area (Å²) < 4.78 is 5.71. The largest absolute Gasteiger partial charge is 0.378 e. The van der Waals surface area contributed by atoms with Gasteiger partial charge in [-0.15, -0.1) is 0 Å². The summed E-state index contributed by atoms with van der Waals surface area (Å²) in [6.45, 7) is 0.953. The van der Waals surface area contributed by atoms with E-state index in [0.717, 1.165) is 18.5 Å². The van der Waals surface area contributed by atoms with Crippen molar-refractivity contribution in [1.82, 2.24) is 10.3 Å². The molecule has 21 heavy (non-hydrogen) atoms. The van der Waals surface area contributed by atoms with E-state index in [2.05, 4.69) is 34.6 Å². The summed E-state index contributed by atoms with van der Waals surface area (Å²) in [5.41, 5.74) is 2.44. The van der Waals surface area contributed by atoms with Gasteiger partial charge < -0.3 is 10.1 Å². The fourth-order valence-corrected chi connectivity index (χ4v) is 3.30. The number of rotatable bonds is 6. The van der Waals surface area contributed by atoms with Crippen molar-refractivity contribution in [2.24, 2.45) is 0 Å². The molecular weight excluding hydrogens is 260 g/mol. The third-order valence-corrected chi connectivity index (χ3v) is 4.45. The topological polar surface area (TPSA) is 34.1 Å². The van der Waals surface area contributed by atoms with E-state index in [1.165, 1.54) is 36.6 Å². The van der Waals surface area contributed by atoms with E-state index in [1.807, 2.05) is 19.3 Å². The lowest BCUT2D eigenvalue weighted by Crippen LogP contribution is -2.17. The van der Waals surface area contributed by atoms with Crippen LogP contribution in [0.3, 0.4) is 0 Å². The molecule has 0 saturated carbocycles. The Labute approximate surface area is 126 Å². The number of hydrogen-bond acceptors (Lipinski definition) is 3. The van der Waals surface area contributed by atoms with Crippen LogP contribution in [0, 0.1) is 0 Å². The zero-order valence-corrected chi connectivity index (χ0v) is 12.7. The minimum absolute atomic E-state index is 0.388. The summed E-state index contributed by atoms with van der Waals surface area (Å²) in [6, 6.07) is 10.9. The molecule has 1 aliphatic heterocycles. The van der Waals surface area contributed by atoms with Crippen LogP contribution in [0.4, 0.5) is 0 Å². The highest BCUT2D eigenvalue weighted by Gasteiger charge is 2.17. The first-order chi connectivity index (χ1) is 10.4. The third-order valence-electron chi connectivity index (χ3n) is 4.45. The molecule has 112 valence electrons. The highest BCUT2D eigenvalue weighted by atomic mass is 16.5. The van der Waals surface area contributed by atoms with Gasteiger partial charge in [0.05, 0.1) is 11.6 Å². The lowest BCUT2D eigenvalue weighted by atomic mass is 9.96. The van der Waals surface area contributed by atoms with Gasteiger partial charge in [0.1, 0.15) is 0 Å². The standard InChI is InChI=1S/C18H24N2O/c1-19-17(10-4-6-14-7-5-13-21-14)16-11-12-20-18-9-3-2-8-15(16)18/h2-3,8-9,11-12,14,17,19H,4-7,10,13H2,1H3. The van der Waals surface area contributed by atoms with Crippen LogP contribution in [0.2, 0.25) is 0 Å². The summed E-state index contributed by atoms with van der Waals surface area (Å²) in [6.07, 6.45) is 8.41. The first-order valence-corrected chi connectivity index (χ1v) is 8.01. The Morgan fingerprint density at radius 2 is 2.24 bits per heavy atom. The summed E-state index contributed by atoms with van der Waals surface area (Å²) in [5.74, 6) is 0. The average molecular weight is 284 g/mol. The van der Waals surface area contributed by atoms with Gasteiger partial charge in [-0.25, -0.2) is 0 Å². The Balaban J connectivity index is 1.69. The Bertz CT molecular complexity index is 573. The van der Waals surface area contributed by atoms with Crippen LogP contribution in [-0.4, -0.2) is 24.7 Å². The minimum Gasteiger partial charge on any atom is -0.378 e. The molecular formula is C18H24N2O. The van der Waals surface area contributed by atoms with Crippen molar-refractivity contribution in [2.45, 2.75) is 44.2 Å². The second kappa shape index (κ2) is 7.01. The fraction of sp³-hybridized carbons (Fsp3) is 0.500. The highest BCUT2D eigenvalue weighted by molar-refractivity contribution is 5.82. The number of benzene rings is 1. The predicted octanol–water partition coefficient (Wildman–Crippen LogP) is 3.84. The van der Waals surface area contributed by atoms with E-state index in [9.17, 15) is 0 Å². The van der Waals surface area contributed by atoms with E-state index in [-0.39, 0.29) is 0 Å². The highest BCUT2D eigenvalue weighted by Crippen LogP contribution is 2.27. The molecule has 1 saturated heterocycles. The van der Waals surface area contributed by atoms with Crippen molar-refractivity contribution in [2.75, 3.05) is 13.7 Å². The second-order valence-electron chi connectivity index (χ2n) is 5.82. The number of hydrogen-bond donors (Lipinski definition) is 1. The van der Waals surface area contributed by atoms with Gasteiger partial charge in [-0.3, -0.25) is 4.98 Å². The summed E-state index contributed by atoms with van der Waals surface area (Å²) in [7, 11) is 2.05. The molecule has 3 nitrogen and oxygen atoms in total. The number of aromatic nitrogens is 1. The van der Waals surface area contributed by atoms with E-state index in [4.69, 9.17) is 4.74 Å². The minimum atomic E-state index is 0.388. The molecule has 2 heterocycles. The van der Waals surface area contributed by atoms with E-state index < -0.39 is 0 Å². The van der Waals surface area contributed by atoms with Crippen LogP contribution in [0.25, 0.3) is 10.9 Å². The Morgan fingerprint density at radius 1 is 1.33 bits per heavy atom. The van der Waals surface area contributed by atoms with Crippen molar-refractivity contribution in [1.29, 1.82) is 0 Å².